The van der Waals surface area contributed by atoms with E-state index in [1.54, 1.807) is 109 Å². The molecule has 9 nitrogen and oxygen atoms in total. The molecular formula is C46H33NO8. The fraction of sp³-hybridized carbons (Fsp3) is 0.0870. The van der Waals surface area contributed by atoms with Crippen LogP contribution < -0.4 is 4.90 Å². The Kier molecular flexibility index (Phi) is 10.1. The maximum Gasteiger partial charge on any atom is 0.339 e. The third-order valence-corrected chi connectivity index (χ3v) is 9.27. The first kappa shape index (κ1) is 36.1. The Morgan fingerprint density at radius 1 is 0.455 bits per heavy atom. The van der Waals surface area contributed by atoms with Crippen molar-refractivity contribution >= 4 is 41.0 Å². The molecule has 0 unspecified atom stereocenters. The van der Waals surface area contributed by atoms with E-state index in [-0.39, 0.29) is 27.9 Å². The summed E-state index contributed by atoms with van der Waals surface area (Å²) in [5.41, 5.74) is 3.62. The van der Waals surface area contributed by atoms with Crippen LogP contribution in [-0.2, 0) is 9.47 Å². The zero-order valence-electron chi connectivity index (χ0n) is 29.8. The highest BCUT2D eigenvalue weighted by atomic mass is 16.6. The lowest BCUT2D eigenvalue weighted by molar-refractivity contribution is 0.0278. The number of amides is 2. The maximum atomic E-state index is 13.8. The molecule has 1 aliphatic rings. The number of ketones is 2. The summed E-state index contributed by atoms with van der Waals surface area (Å²) in [5.74, 6) is -3.95. The molecule has 0 aromatic heterocycles. The first-order valence-electron chi connectivity index (χ1n) is 17.5. The second kappa shape index (κ2) is 15.4. The number of imide groups is 1. The van der Waals surface area contributed by atoms with Crippen molar-refractivity contribution in [3.8, 4) is 0 Å². The fourth-order valence-corrected chi connectivity index (χ4v) is 6.26. The second-order valence-corrected chi connectivity index (χ2v) is 13.1. The molecule has 270 valence electrons. The first-order valence-corrected chi connectivity index (χ1v) is 17.5. The minimum atomic E-state index is -1.27. The standard InChI is InChI=1S/C46H33NO8/c1-28-16-20-30(21-17-28)39(48)41(32-10-5-3-6-11-32)54-45(52)34-14-9-15-36(26-34)47-43(50)37-25-24-35(27-38(37)44(47)51)46(53)55-42(33-12-7-4-8-13-33)40(49)31-22-18-29(2)19-23-31/h3-27,41-42H,1-2H3/t41-,42+/m0/s1. The Balaban J connectivity index is 1.12. The molecule has 7 rings (SSSR count). The van der Waals surface area contributed by atoms with Crippen LogP contribution in [0.25, 0.3) is 0 Å². The molecule has 0 bridgehead atoms. The Bertz CT molecular complexity index is 2460. The van der Waals surface area contributed by atoms with Gasteiger partial charge in [-0.15, -0.1) is 0 Å². The maximum absolute atomic E-state index is 13.8. The molecule has 0 saturated heterocycles. The Labute approximate surface area is 316 Å². The molecule has 0 radical (unpaired) electrons. The molecule has 0 aliphatic carbocycles. The van der Waals surface area contributed by atoms with Crippen LogP contribution in [0.4, 0.5) is 5.69 Å². The third-order valence-electron chi connectivity index (χ3n) is 9.27. The lowest BCUT2D eigenvalue weighted by Crippen LogP contribution is -2.29. The smallest absolute Gasteiger partial charge is 0.339 e. The van der Waals surface area contributed by atoms with E-state index in [1.165, 1.54) is 42.5 Å². The first-order chi connectivity index (χ1) is 26.6. The van der Waals surface area contributed by atoms with E-state index in [2.05, 4.69) is 0 Å². The largest absolute Gasteiger partial charge is 0.445 e. The van der Waals surface area contributed by atoms with Gasteiger partial charge in [-0.05, 0) is 50.2 Å². The zero-order valence-corrected chi connectivity index (χ0v) is 29.8. The molecule has 2 amide bonds. The number of hydrogen-bond acceptors (Lipinski definition) is 8. The van der Waals surface area contributed by atoms with E-state index in [0.29, 0.717) is 22.3 Å². The van der Waals surface area contributed by atoms with E-state index >= 15 is 0 Å². The molecule has 55 heavy (non-hydrogen) atoms. The summed E-state index contributed by atoms with van der Waals surface area (Å²) in [6, 6.07) is 40.8. The minimum absolute atomic E-state index is 0.00107. The number of benzene rings is 6. The van der Waals surface area contributed by atoms with E-state index in [1.807, 2.05) is 13.8 Å². The van der Waals surface area contributed by atoms with Crippen molar-refractivity contribution in [2.75, 3.05) is 4.90 Å². The average molecular weight is 728 g/mol. The lowest BCUT2D eigenvalue weighted by Gasteiger charge is -2.19. The number of carbonyl (C=O) groups is 6. The predicted octanol–water partition coefficient (Wildman–Crippen LogP) is 8.67. The van der Waals surface area contributed by atoms with Crippen LogP contribution in [0.15, 0.2) is 152 Å². The van der Waals surface area contributed by atoms with Crippen LogP contribution in [0.5, 0.6) is 0 Å². The molecule has 1 aliphatic heterocycles. The van der Waals surface area contributed by atoms with E-state index in [0.717, 1.165) is 16.0 Å². The van der Waals surface area contributed by atoms with Gasteiger partial charge in [-0.2, -0.15) is 0 Å². The SMILES string of the molecule is Cc1ccc(C(=O)[C@@H](OC(=O)c2cccc(N3C(=O)c4ccc(C(=O)O[C@@H](C(=O)c5ccc(C)cc5)c5ccccc5)cc4C3=O)c2)c2ccccc2)cc1. The van der Waals surface area contributed by atoms with Gasteiger partial charge in [0, 0.05) is 22.3 Å². The predicted molar refractivity (Wildman–Crippen MR) is 204 cm³/mol. The number of anilines is 1. The molecule has 0 spiro atoms. The normalized spacial score (nSPS) is 13.1. The van der Waals surface area contributed by atoms with Gasteiger partial charge < -0.3 is 9.47 Å². The molecular weight excluding hydrogens is 695 g/mol. The molecule has 6 aromatic rings. The summed E-state index contributed by atoms with van der Waals surface area (Å²) >= 11 is 0. The van der Waals surface area contributed by atoms with Gasteiger partial charge in [-0.3, -0.25) is 19.2 Å². The topological polar surface area (TPSA) is 124 Å². The van der Waals surface area contributed by atoms with Gasteiger partial charge >= 0.3 is 11.9 Å². The van der Waals surface area contributed by atoms with E-state index in [4.69, 9.17) is 9.47 Å². The summed E-state index contributed by atoms with van der Waals surface area (Å²) in [6.45, 7) is 3.80. The van der Waals surface area contributed by atoms with Gasteiger partial charge in [0.15, 0.2) is 12.2 Å². The monoisotopic (exact) mass is 727 g/mol. The highest BCUT2D eigenvalue weighted by molar-refractivity contribution is 6.34. The Morgan fingerprint density at radius 2 is 0.891 bits per heavy atom. The van der Waals surface area contributed by atoms with E-state index in [9.17, 15) is 28.8 Å². The van der Waals surface area contributed by atoms with Gasteiger partial charge in [0.1, 0.15) is 0 Å². The highest BCUT2D eigenvalue weighted by Gasteiger charge is 2.38. The Hall–Kier alpha value is -7.26. The number of ether oxygens (including phenoxy) is 2. The Morgan fingerprint density at radius 3 is 1.38 bits per heavy atom. The van der Waals surface area contributed by atoms with Gasteiger partial charge in [0.25, 0.3) is 11.8 Å². The molecule has 0 saturated carbocycles. The summed E-state index contributed by atoms with van der Waals surface area (Å²) in [5, 5.41) is 0. The van der Waals surface area contributed by atoms with Crippen molar-refractivity contribution in [3.63, 3.8) is 0 Å². The van der Waals surface area contributed by atoms with Crippen molar-refractivity contribution in [1.82, 2.24) is 0 Å². The highest BCUT2D eigenvalue weighted by Crippen LogP contribution is 2.32. The average Bonchev–Trinajstić information content (AvgIpc) is 3.47. The van der Waals surface area contributed by atoms with Gasteiger partial charge in [0.2, 0.25) is 11.6 Å². The van der Waals surface area contributed by atoms with Crippen molar-refractivity contribution in [1.29, 1.82) is 0 Å². The van der Waals surface area contributed by atoms with E-state index < -0.39 is 47.5 Å². The van der Waals surface area contributed by atoms with Crippen molar-refractivity contribution in [3.05, 3.63) is 207 Å². The van der Waals surface area contributed by atoms with Gasteiger partial charge in [0.05, 0.1) is 27.9 Å². The molecule has 2 atom stereocenters. The molecule has 6 aromatic carbocycles. The summed E-state index contributed by atoms with van der Waals surface area (Å²) in [7, 11) is 0. The summed E-state index contributed by atoms with van der Waals surface area (Å²) in [4.78, 5) is 82.7. The number of fused-ring (bicyclic) bond motifs is 1. The van der Waals surface area contributed by atoms with Crippen LogP contribution >= 0.6 is 0 Å². The van der Waals surface area contributed by atoms with Crippen molar-refractivity contribution < 1.29 is 38.2 Å². The number of rotatable bonds is 11. The van der Waals surface area contributed by atoms with Crippen LogP contribution in [0.3, 0.4) is 0 Å². The number of carbonyl (C=O) groups excluding carboxylic acids is 6. The molecule has 0 N–H and O–H groups in total. The summed E-state index contributed by atoms with van der Waals surface area (Å²) < 4.78 is 11.6. The third kappa shape index (κ3) is 7.49. The van der Waals surface area contributed by atoms with Crippen molar-refractivity contribution in [2.45, 2.75) is 26.1 Å². The quantitative estimate of drug-likeness (QED) is 0.0738. The number of hydrogen-bond donors (Lipinski definition) is 0. The molecule has 9 heteroatoms. The van der Waals surface area contributed by atoms with Crippen molar-refractivity contribution in [2.24, 2.45) is 0 Å². The molecule has 1 heterocycles. The fourth-order valence-electron chi connectivity index (χ4n) is 6.26. The van der Waals surface area contributed by atoms with Crippen LogP contribution in [0.2, 0.25) is 0 Å². The minimum Gasteiger partial charge on any atom is -0.445 e. The van der Waals surface area contributed by atoms with Crippen LogP contribution in [0, 0.1) is 13.8 Å². The number of esters is 2. The second-order valence-electron chi connectivity index (χ2n) is 13.1. The van der Waals surface area contributed by atoms with Gasteiger partial charge in [-0.1, -0.05) is 126 Å². The number of nitrogens with zero attached hydrogens (tertiary/aromatic N) is 1. The number of aryl methyl sites for hydroxylation is 2. The number of Topliss-reactive ketones (excluding diaryl/α,β-unsaturated/α-hetero) is 2. The molecule has 0 fully saturated rings. The van der Waals surface area contributed by atoms with Gasteiger partial charge in [-0.25, -0.2) is 14.5 Å². The zero-order chi connectivity index (χ0) is 38.6. The summed E-state index contributed by atoms with van der Waals surface area (Å²) in [6.07, 6.45) is -2.53. The lowest BCUT2D eigenvalue weighted by atomic mass is 9.99. The van der Waals surface area contributed by atoms with Crippen LogP contribution in [0.1, 0.15) is 96.6 Å². The van der Waals surface area contributed by atoms with Crippen LogP contribution in [-0.4, -0.2) is 35.3 Å².